The van der Waals surface area contributed by atoms with Gasteiger partial charge in [0.05, 0.1) is 12.0 Å². The quantitative estimate of drug-likeness (QED) is 0.656. The summed E-state index contributed by atoms with van der Waals surface area (Å²) in [4.78, 5) is 22.8. The molecule has 0 saturated carbocycles. The Kier molecular flexibility index (Phi) is 2.15. The van der Waals surface area contributed by atoms with Gasteiger partial charge in [0.25, 0.3) is 0 Å². The maximum Gasteiger partial charge on any atom is 0.174 e. The number of hydrogen-bond donors (Lipinski definition) is 0. The van der Waals surface area contributed by atoms with E-state index in [0.717, 1.165) is 0 Å². The van der Waals surface area contributed by atoms with E-state index in [0.29, 0.717) is 22.6 Å². The number of carbonyl (C=O) groups excluding carboxylic acids is 2. The first-order valence-corrected chi connectivity index (χ1v) is 4.62. The van der Waals surface area contributed by atoms with Crippen molar-refractivity contribution in [1.29, 1.82) is 0 Å². The van der Waals surface area contributed by atoms with Crippen LogP contribution in [0.25, 0.3) is 0 Å². The normalized spacial score (nSPS) is 14.5. The van der Waals surface area contributed by atoms with E-state index in [4.69, 9.17) is 4.74 Å². The monoisotopic (exact) mass is 202 g/mol. The Hall–Kier alpha value is -1.90. The molecule has 1 aromatic carbocycles. The van der Waals surface area contributed by atoms with Crippen LogP contribution in [0.2, 0.25) is 0 Å². The number of ether oxygens (including phenoxy) is 1. The molecule has 15 heavy (non-hydrogen) atoms. The van der Waals surface area contributed by atoms with Crippen LogP contribution in [0.1, 0.15) is 34.1 Å². The molecular formula is C12H10O3. The van der Waals surface area contributed by atoms with E-state index in [1.165, 1.54) is 6.92 Å². The Balaban J connectivity index is 2.52. The highest BCUT2D eigenvalue weighted by Crippen LogP contribution is 2.29. The van der Waals surface area contributed by atoms with Crippen molar-refractivity contribution in [2.75, 3.05) is 0 Å². The fourth-order valence-corrected chi connectivity index (χ4v) is 1.52. The van der Waals surface area contributed by atoms with Crippen molar-refractivity contribution in [3.63, 3.8) is 0 Å². The highest BCUT2D eigenvalue weighted by atomic mass is 16.5. The third-order valence-electron chi connectivity index (χ3n) is 2.30. The summed E-state index contributed by atoms with van der Waals surface area (Å²) in [7, 11) is 0. The van der Waals surface area contributed by atoms with Crippen molar-refractivity contribution in [1.82, 2.24) is 0 Å². The number of fused-ring (bicyclic) bond motifs is 1. The maximum absolute atomic E-state index is 11.6. The van der Waals surface area contributed by atoms with E-state index < -0.39 is 0 Å². The lowest BCUT2D eigenvalue weighted by molar-refractivity contribution is 0.0965. The molecule has 0 unspecified atom stereocenters. The van der Waals surface area contributed by atoms with Crippen molar-refractivity contribution >= 4 is 11.6 Å². The van der Waals surface area contributed by atoms with Crippen LogP contribution in [0.4, 0.5) is 0 Å². The fraction of sp³-hybridized carbons (Fsp3) is 0.167. The van der Waals surface area contributed by atoms with Crippen LogP contribution < -0.4 is 4.74 Å². The molecule has 3 heteroatoms. The van der Waals surface area contributed by atoms with Crippen LogP contribution >= 0.6 is 0 Å². The lowest BCUT2D eigenvalue weighted by Crippen LogP contribution is -2.13. The lowest BCUT2D eigenvalue weighted by Gasteiger charge is -2.17. The van der Waals surface area contributed by atoms with Gasteiger partial charge in [0, 0.05) is 5.56 Å². The summed E-state index contributed by atoms with van der Waals surface area (Å²) < 4.78 is 5.31. The van der Waals surface area contributed by atoms with Crippen LogP contribution in [-0.2, 0) is 0 Å². The second-order valence-corrected chi connectivity index (χ2v) is 3.51. The summed E-state index contributed by atoms with van der Waals surface area (Å²) in [5.41, 5.74) is 0.994. The van der Waals surface area contributed by atoms with Crippen LogP contribution in [0, 0.1) is 0 Å². The summed E-state index contributed by atoms with van der Waals surface area (Å²) in [6.07, 6.45) is 0.189. The molecule has 1 heterocycles. The SMILES string of the molecule is C=C1CC(=O)c2cc(C(C)=O)ccc2O1. The summed E-state index contributed by atoms with van der Waals surface area (Å²) in [6.45, 7) is 5.08. The van der Waals surface area contributed by atoms with Gasteiger partial charge in [-0.1, -0.05) is 6.58 Å². The topological polar surface area (TPSA) is 43.4 Å². The molecule has 2 rings (SSSR count). The Labute approximate surface area is 87.4 Å². The van der Waals surface area contributed by atoms with E-state index in [1.807, 2.05) is 0 Å². The average Bonchev–Trinajstić information content (AvgIpc) is 2.16. The Bertz CT molecular complexity index is 472. The predicted molar refractivity (Wildman–Crippen MR) is 55.2 cm³/mol. The molecule has 0 atom stereocenters. The number of carbonyl (C=O) groups is 2. The summed E-state index contributed by atoms with van der Waals surface area (Å²) in [6, 6.07) is 4.85. The summed E-state index contributed by atoms with van der Waals surface area (Å²) >= 11 is 0. The van der Waals surface area contributed by atoms with Crippen molar-refractivity contribution in [2.45, 2.75) is 13.3 Å². The molecule has 0 saturated heterocycles. The van der Waals surface area contributed by atoms with E-state index >= 15 is 0 Å². The first-order valence-electron chi connectivity index (χ1n) is 4.62. The lowest BCUT2D eigenvalue weighted by atomic mass is 10.00. The zero-order valence-corrected chi connectivity index (χ0v) is 8.37. The first-order chi connectivity index (χ1) is 7.08. The van der Waals surface area contributed by atoms with Gasteiger partial charge in [-0.3, -0.25) is 9.59 Å². The minimum atomic E-state index is -0.0602. The van der Waals surface area contributed by atoms with Crippen molar-refractivity contribution in [2.24, 2.45) is 0 Å². The molecule has 0 radical (unpaired) electrons. The van der Waals surface area contributed by atoms with Gasteiger partial charge in [-0.05, 0) is 25.1 Å². The molecule has 0 spiro atoms. The highest BCUT2D eigenvalue weighted by Gasteiger charge is 2.21. The minimum Gasteiger partial charge on any atom is -0.461 e. The van der Waals surface area contributed by atoms with Gasteiger partial charge < -0.3 is 4.74 Å². The van der Waals surface area contributed by atoms with Crippen LogP contribution in [0.3, 0.4) is 0 Å². The van der Waals surface area contributed by atoms with Gasteiger partial charge in [-0.15, -0.1) is 0 Å². The molecule has 1 aliphatic heterocycles. The molecular weight excluding hydrogens is 192 g/mol. The van der Waals surface area contributed by atoms with Crippen molar-refractivity contribution < 1.29 is 14.3 Å². The van der Waals surface area contributed by atoms with Crippen LogP contribution in [0.5, 0.6) is 5.75 Å². The zero-order chi connectivity index (χ0) is 11.0. The van der Waals surface area contributed by atoms with Gasteiger partial charge in [0.1, 0.15) is 11.5 Å². The number of rotatable bonds is 1. The number of hydrogen-bond acceptors (Lipinski definition) is 3. The molecule has 0 bridgehead atoms. The summed E-state index contributed by atoms with van der Waals surface area (Å²) in [5.74, 6) is 0.823. The van der Waals surface area contributed by atoms with Crippen molar-refractivity contribution in [3.05, 3.63) is 41.7 Å². The molecule has 0 N–H and O–H groups in total. The number of benzene rings is 1. The average molecular weight is 202 g/mol. The number of allylic oxidation sites excluding steroid dienone is 1. The predicted octanol–water partition coefficient (Wildman–Crippen LogP) is 2.37. The number of Topliss-reactive ketones (excluding diaryl/α,β-unsaturated/α-hetero) is 2. The number of ketones is 2. The van der Waals surface area contributed by atoms with Gasteiger partial charge >= 0.3 is 0 Å². The second-order valence-electron chi connectivity index (χ2n) is 3.51. The third-order valence-corrected chi connectivity index (χ3v) is 2.30. The molecule has 0 fully saturated rings. The second kappa shape index (κ2) is 3.35. The molecule has 76 valence electrons. The minimum absolute atomic E-state index is 0.0515. The van der Waals surface area contributed by atoms with Gasteiger partial charge in [0.15, 0.2) is 11.6 Å². The largest absolute Gasteiger partial charge is 0.461 e. The van der Waals surface area contributed by atoms with Crippen molar-refractivity contribution in [3.8, 4) is 5.75 Å². The van der Waals surface area contributed by atoms with Crippen LogP contribution in [0.15, 0.2) is 30.5 Å². The van der Waals surface area contributed by atoms with Gasteiger partial charge in [-0.2, -0.15) is 0 Å². The van der Waals surface area contributed by atoms with E-state index in [9.17, 15) is 9.59 Å². The summed E-state index contributed by atoms with van der Waals surface area (Å²) in [5, 5.41) is 0. The molecule has 1 aliphatic rings. The fourth-order valence-electron chi connectivity index (χ4n) is 1.52. The van der Waals surface area contributed by atoms with E-state index in [1.54, 1.807) is 18.2 Å². The third kappa shape index (κ3) is 1.68. The van der Waals surface area contributed by atoms with Gasteiger partial charge in [-0.25, -0.2) is 0 Å². The Morgan fingerprint density at radius 3 is 2.87 bits per heavy atom. The smallest absolute Gasteiger partial charge is 0.174 e. The molecule has 3 nitrogen and oxygen atoms in total. The van der Waals surface area contributed by atoms with Gasteiger partial charge in [0.2, 0.25) is 0 Å². The standard InChI is InChI=1S/C12H10O3/c1-7-5-11(14)10-6-9(8(2)13)3-4-12(10)15-7/h3-4,6H,1,5H2,2H3. The maximum atomic E-state index is 11.6. The van der Waals surface area contributed by atoms with E-state index in [2.05, 4.69) is 6.58 Å². The zero-order valence-electron chi connectivity index (χ0n) is 8.37. The first kappa shape index (κ1) is 9.65. The molecule has 0 aliphatic carbocycles. The van der Waals surface area contributed by atoms with Crippen LogP contribution in [-0.4, -0.2) is 11.6 Å². The molecule has 1 aromatic rings. The Morgan fingerprint density at radius 1 is 1.47 bits per heavy atom. The Morgan fingerprint density at radius 2 is 2.20 bits per heavy atom. The molecule has 0 amide bonds. The molecule has 0 aromatic heterocycles. The van der Waals surface area contributed by atoms with E-state index in [-0.39, 0.29) is 18.0 Å². The highest BCUT2D eigenvalue weighted by molar-refractivity contribution is 6.04.